The first-order valence-corrected chi connectivity index (χ1v) is 6.66. The fraction of sp³-hybridized carbons (Fsp3) is 0.692. The summed E-state index contributed by atoms with van der Waals surface area (Å²) in [6, 6.07) is 0.424. The van der Waals surface area contributed by atoms with Gasteiger partial charge in [-0.1, -0.05) is 0 Å². The van der Waals surface area contributed by atoms with Gasteiger partial charge in [-0.3, -0.25) is 14.9 Å². The lowest BCUT2D eigenvalue weighted by atomic mass is 9.84. The molecule has 1 atom stereocenters. The summed E-state index contributed by atoms with van der Waals surface area (Å²) < 4.78 is 2.12. The Bertz CT molecular complexity index is 425. The Morgan fingerprint density at radius 3 is 3.11 bits per heavy atom. The summed E-state index contributed by atoms with van der Waals surface area (Å²) in [6.07, 6.45) is 6.68. The summed E-state index contributed by atoms with van der Waals surface area (Å²) in [4.78, 5) is 11.1. The van der Waals surface area contributed by atoms with Crippen LogP contribution in [0, 0.1) is 5.92 Å². The Morgan fingerprint density at radius 1 is 1.67 bits per heavy atom. The topological polar surface area (TPSA) is 72.9 Å². The molecule has 3 N–H and O–H groups in total. The van der Waals surface area contributed by atoms with Crippen LogP contribution in [-0.4, -0.2) is 15.7 Å². The number of nitrogens with zero attached hydrogens (tertiary/aromatic N) is 2. The molecule has 1 aromatic rings. The van der Waals surface area contributed by atoms with Gasteiger partial charge in [-0.25, -0.2) is 5.84 Å². The minimum Gasteiger partial charge on any atom is -0.294 e. The quantitative estimate of drug-likeness (QED) is 0.481. The van der Waals surface area contributed by atoms with Crippen LogP contribution < -0.4 is 11.3 Å². The molecule has 100 valence electrons. The maximum Gasteiger partial charge on any atom is 0.233 e. The maximum absolute atomic E-state index is 11.1. The van der Waals surface area contributed by atoms with Crippen molar-refractivity contribution < 1.29 is 4.79 Å². The molecule has 1 amide bonds. The number of amides is 1. The summed E-state index contributed by atoms with van der Waals surface area (Å²) in [7, 11) is 0. The average Bonchev–Trinajstić information content (AvgIpc) is 2.78. The van der Waals surface area contributed by atoms with Gasteiger partial charge in [-0.15, -0.1) is 0 Å². The highest BCUT2D eigenvalue weighted by Gasteiger charge is 2.23. The number of nitrogens with one attached hydrogen (secondary N) is 1. The predicted molar refractivity (Wildman–Crippen MR) is 69.7 cm³/mol. The van der Waals surface area contributed by atoms with Gasteiger partial charge in [0, 0.05) is 18.2 Å². The lowest BCUT2D eigenvalue weighted by Gasteiger charge is -2.23. The third kappa shape index (κ3) is 2.72. The molecule has 1 aliphatic rings. The Hall–Kier alpha value is -1.36. The largest absolute Gasteiger partial charge is 0.294 e. The van der Waals surface area contributed by atoms with Gasteiger partial charge in [0.2, 0.25) is 5.91 Å². The van der Waals surface area contributed by atoms with Crippen LogP contribution in [0.1, 0.15) is 50.4 Å². The number of nitrogens with two attached hydrogens (primary N) is 1. The smallest absolute Gasteiger partial charge is 0.233 e. The van der Waals surface area contributed by atoms with Crippen molar-refractivity contribution in [2.75, 3.05) is 0 Å². The molecule has 0 saturated heterocycles. The number of fused-ring (bicyclic) bond motifs is 1. The van der Waals surface area contributed by atoms with Crippen LogP contribution in [0.25, 0.3) is 0 Å². The van der Waals surface area contributed by atoms with Gasteiger partial charge in [0.1, 0.15) is 0 Å². The molecule has 1 unspecified atom stereocenters. The molecular weight excluding hydrogens is 228 g/mol. The zero-order valence-corrected chi connectivity index (χ0v) is 11.1. The minimum atomic E-state index is -0.0707. The van der Waals surface area contributed by atoms with E-state index in [0.29, 0.717) is 18.4 Å². The van der Waals surface area contributed by atoms with Crippen LogP contribution in [0.2, 0.25) is 0 Å². The molecule has 5 heteroatoms. The standard InChI is InChI=1S/C13H22N4O/c1-9(2)17-12-5-3-10(4-6-13(18)16-14)7-11(12)8-15-17/h8-10H,3-7,14H2,1-2H3,(H,16,18). The van der Waals surface area contributed by atoms with E-state index in [1.807, 2.05) is 6.20 Å². The molecule has 5 nitrogen and oxygen atoms in total. The molecule has 1 aliphatic carbocycles. The van der Waals surface area contributed by atoms with Gasteiger partial charge in [-0.2, -0.15) is 5.10 Å². The lowest BCUT2D eigenvalue weighted by Crippen LogP contribution is -2.30. The van der Waals surface area contributed by atoms with Crippen molar-refractivity contribution in [2.24, 2.45) is 11.8 Å². The molecule has 1 aromatic heterocycles. The van der Waals surface area contributed by atoms with E-state index < -0.39 is 0 Å². The van der Waals surface area contributed by atoms with E-state index in [2.05, 4.69) is 29.1 Å². The highest BCUT2D eigenvalue weighted by Crippen LogP contribution is 2.29. The maximum atomic E-state index is 11.1. The fourth-order valence-corrected chi connectivity index (χ4v) is 2.72. The van der Waals surface area contributed by atoms with E-state index in [1.165, 1.54) is 11.3 Å². The van der Waals surface area contributed by atoms with Gasteiger partial charge in [0.25, 0.3) is 0 Å². The molecule has 0 aliphatic heterocycles. The molecular formula is C13H22N4O. The molecule has 0 aromatic carbocycles. The van der Waals surface area contributed by atoms with Crippen LogP contribution in [0.3, 0.4) is 0 Å². The van der Waals surface area contributed by atoms with Crippen LogP contribution in [0.5, 0.6) is 0 Å². The number of hydrogen-bond acceptors (Lipinski definition) is 3. The number of carbonyl (C=O) groups is 1. The average molecular weight is 250 g/mol. The lowest BCUT2D eigenvalue weighted by molar-refractivity contribution is -0.121. The summed E-state index contributed by atoms with van der Waals surface area (Å²) in [5.74, 6) is 5.60. The minimum absolute atomic E-state index is 0.0707. The molecule has 0 fully saturated rings. The van der Waals surface area contributed by atoms with Gasteiger partial charge < -0.3 is 0 Å². The molecule has 18 heavy (non-hydrogen) atoms. The van der Waals surface area contributed by atoms with Crippen LogP contribution >= 0.6 is 0 Å². The Labute approximate surface area is 108 Å². The van der Waals surface area contributed by atoms with E-state index in [1.54, 1.807) is 0 Å². The van der Waals surface area contributed by atoms with Gasteiger partial charge in [0.15, 0.2) is 0 Å². The van der Waals surface area contributed by atoms with Crippen molar-refractivity contribution in [2.45, 2.75) is 52.0 Å². The Kier molecular flexibility index (Phi) is 4.01. The molecule has 2 rings (SSSR count). The second-order valence-corrected chi connectivity index (χ2v) is 5.37. The third-order valence-electron chi connectivity index (χ3n) is 3.71. The van der Waals surface area contributed by atoms with Gasteiger partial charge >= 0.3 is 0 Å². The number of rotatable bonds is 4. The van der Waals surface area contributed by atoms with Gasteiger partial charge in [-0.05, 0) is 51.0 Å². The number of hydrogen-bond donors (Lipinski definition) is 2. The van der Waals surface area contributed by atoms with E-state index in [0.717, 1.165) is 25.7 Å². The second kappa shape index (κ2) is 5.52. The highest BCUT2D eigenvalue weighted by molar-refractivity contribution is 5.75. The molecule has 1 heterocycles. The van der Waals surface area contributed by atoms with Crippen LogP contribution in [0.4, 0.5) is 0 Å². The predicted octanol–water partition coefficient (Wildman–Crippen LogP) is 1.34. The first-order valence-electron chi connectivity index (χ1n) is 6.66. The normalized spacial score (nSPS) is 18.8. The van der Waals surface area contributed by atoms with Crippen LogP contribution in [0.15, 0.2) is 6.20 Å². The molecule has 0 bridgehead atoms. The summed E-state index contributed by atoms with van der Waals surface area (Å²) in [5, 5.41) is 4.46. The van der Waals surface area contributed by atoms with Crippen molar-refractivity contribution in [3.63, 3.8) is 0 Å². The number of aromatic nitrogens is 2. The van der Waals surface area contributed by atoms with Crippen molar-refractivity contribution in [1.29, 1.82) is 0 Å². The fourth-order valence-electron chi connectivity index (χ4n) is 2.72. The van der Waals surface area contributed by atoms with Crippen molar-refractivity contribution >= 4 is 5.91 Å². The van der Waals surface area contributed by atoms with Crippen LogP contribution in [-0.2, 0) is 17.6 Å². The zero-order valence-electron chi connectivity index (χ0n) is 11.1. The SMILES string of the molecule is CC(C)n1ncc2c1CCC(CCC(=O)NN)C2. The van der Waals surface area contributed by atoms with E-state index in [-0.39, 0.29) is 5.91 Å². The molecule has 0 radical (unpaired) electrons. The highest BCUT2D eigenvalue weighted by atomic mass is 16.2. The van der Waals surface area contributed by atoms with Crippen molar-refractivity contribution in [3.8, 4) is 0 Å². The van der Waals surface area contributed by atoms with Crippen molar-refractivity contribution in [3.05, 3.63) is 17.5 Å². The third-order valence-corrected chi connectivity index (χ3v) is 3.71. The molecule has 0 saturated carbocycles. The van der Waals surface area contributed by atoms with Crippen molar-refractivity contribution in [1.82, 2.24) is 15.2 Å². The first-order chi connectivity index (χ1) is 8.61. The monoisotopic (exact) mass is 250 g/mol. The van der Waals surface area contributed by atoms with Gasteiger partial charge in [0.05, 0.1) is 6.20 Å². The first kappa shape index (κ1) is 13.1. The number of hydrazine groups is 1. The summed E-state index contributed by atoms with van der Waals surface area (Å²) in [5.41, 5.74) is 4.92. The van der Waals surface area contributed by atoms with E-state index in [9.17, 15) is 4.79 Å². The second-order valence-electron chi connectivity index (χ2n) is 5.37. The summed E-state index contributed by atoms with van der Waals surface area (Å²) in [6.45, 7) is 4.32. The van der Waals surface area contributed by atoms with E-state index >= 15 is 0 Å². The Morgan fingerprint density at radius 2 is 2.44 bits per heavy atom. The molecule has 0 spiro atoms. The number of carbonyl (C=O) groups excluding carboxylic acids is 1. The van der Waals surface area contributed by atoms with E-state index in [4.69, 9.17) is 5.84 Å². The Balaban J connectivity index is 1.96. The zero-order chi connectivity index (χ0) is 13.1. The summed E-state index contributed by atoms with van der Waals surface area (Å²) >= 11 is 0.